The number of aromatic nitrogens is 1. The van der Waals surface area contributed by atoms with Crippen molar-refractivity contribution in [2.75, 3.05) is 5.73 Å². The molecule has 1 aromatic heterocycles. The van der Waals surface area contributed by atoms with E-state index in [9.17, 15) is 14.0 Å². The quantitative estimate of drug-likeness (QED) is 0.230. The minimum Gasteiger partial charge on any atom is -0.478 e. The van der Waals surface area contributed by atoms with Crippen molar-refractivity contribution in [2.45, 2.75) is 12.6 Å². The Morgan fingerprint density at radius 2 is 1.39 bits per heavy atom. The molecule has 0 spiro atoms. The SMILES string of the molecule is Nc1c2c(c(OC(c3ccccc3)c3ccccc3)c3ncccc13)C(=O)N(Cc1ccc(F)cc1)C2=O. The van der Waals surface area contributed by atoms with Crippen LogP contribution >= 0.6 is 0 Å². The van der Waals surface area contributed by atoms with E-state index in [-0.39, 0.29) is 29.1 Å². The number of imide groups is 1. The number of fused-ring (bicyclic) bond motifs is 2. The third kappa shape index (κ3) is 3.94. The molecule has 0 fully saturated rings. The second-order valence-corrected chi connectivity index (χ2v) is 9.03. The molecule has 0 aliphatic carbocycles. The van der Waals surface area contributed by atoms with Gasteiger partial charge in [0.1, 0.15) is 17.4 Å². The van der Waals surface area contributed by atoms with Gasteiger partial charge in [-0.05, 0) is 41.0 Å². The lowest BCUT2D eigenvalue weighted by molar-refractivity contribution is 0.0641. The molecule has 0 atom stereocenters. The minimum absolute atomic E-state index is 0.0317. The molecular weight excluding hydrogens is 481 g/mol. The Labute approximate surface area is 218 Å². The highest BCUT2D eigenvalue weighted by Gasteiger charge is 2.42. The first kappa shape index (κ1) is 23.4. The second kappa shape index (κ2) is 9.44. The molecule has 6 nitrogen and oxygen atoms in total. The van der Waals surface area contributed by atoms with Gasteiger partial charge in [0.25, 0.3) is 11.8 Å². The Morgan fingerprint density at radius 1 is 0.789 bits per heavy atom. The molecule has 2 heterocycles. The molecule has 2 amide bonds. The summed E-state index contributed by atoms with van der Waals surface area (Å²) in [5, 5.41) is 0.519. The number of halogens is 1. The number of hydrogen-bond donors (Lipinski definition) is 1. The normalized spacial score (nSPS) is 12.8. The number of rotatable bonds is 6. The second-order valence-electron chi connectivity index (χ2n) is 9.03. The molecular formula is C31H22FN3O3. The van der Waals surface area contributed by atoms with Gasteiger partial charge < -0.3 is 10.5 Å². The van der Waals surface area contributed by atoms with Crippen molar-refractivity contribution in [1.29, 1.82) is 0 Å². The Kier molecular flexibility index (Phi) is 5.81. The molecule has 186 valence electrons. The number of carbonyl (C=O) groups is 2. The first-order valence-electron chi connectivity index (χ1n) is 12.1. The number of benzene rings is 4. The van der Waals surface area contributed by atoms with Crippen molar-refractivity contribution >= 4 is 28.4 Å². The van der Waals surface area contributed by atoms with Crippen LogP contribution < -0.4 is 10.5 Å². The Hall–Kier alpha value is -5.04. The fraction of sp³-hybridized carbons (Fsp3) is 0.0645. The van der Waals surface area contributed by atoms with Crippen LogP contribution in [0.2, 0.25) is 0 Å². The largest absolute Gasteiger partial charge is 0.478 e. The molecule has 6 rings (SSSR count). The lowest BCUT2D eigenvalue weighted by atomic mass is 9.99. The zero-order chi connectivity index (χ0) is 26.2. The van der Waals surface area contributed by atoms with Gasteiger partial charge in [-0.15, -0.1) is 0 Å². The zero-order valence-electron chi connectivity index (χ0n) is 20.2. The van der Waals surface area contributed by atoms with Gasteiger partial charge in [0, 0.05) is 11.6 Å². The van der Waals surface area contributed by atoms with Crippen molar-refractivity contribution in [2.24, 2.45) is 0 Å². The topological polar surface area (TPSA) is 85.5 Å². The van der Waals surface area contributed by atoms with E-state index >= 15 is 0 Å². The molecule has 2 N–H and O–H groups in total. The van der Waals surface area contributed by atoms with E-state index in [2.05, 4.69) is 4.98 Å². The standard InChI is InChI=1S/C31H22FN3O3/c32-22-15-13-19(14-16-22)18-35-30(36)24-25(31(35)37)29(27-23(26(24)33)12-7-17-34-27)38-28(20-8-3-1-4-9-20)21-10-5-2-6-11-21/h1-17,28H,18,33H2. The first-order chi connectivity index (χ1) is 18.5. The zero-order valence-corrected chi connectivity index (χ0v) is 20.2. The predicted molar refractivity (Wildman–Crippen MR) is 142 cm³/mol. The van der Waals surface area contributed by atoms with Crippen molar-refractivity contribution in [3.8, 4) is 5.75 Å². The number of pyridine rings is 1. The third-order valence-electron chi connectivity index (χ3n) is 6.67. The fourth-order valence-corrected chi connectivity index (χ4v) is 4.83. The van der Waals surface area contributed by atoms with Crippen LogP contribution in [-0.2, 0) is 6.54 Å². The Morgan fingerprint density at radius 3 is 2.03 bits per heavy atom. The van der Waals surface area contributed by atoms with E-state index in [1.807, 2.05) is 60.7 Å². The average molecular weight is 504 g/mol. The molecule has 0 unspecified atom stereocenters. The molecule has 0 bridgehead atoms. The average Bonchev–Trinajstić information content (AvgIpc) is 3.20. The maximum atomic E-state index is 13.8. The molecule has 0 saturated carbocycles. The van der Waals surface area contributed by atoms with E-state index < -0.39 is 23.7 Å². The summed E-state index contributed by atoms with van der Waals surface area (Å²) in [4.78, 5) is 33.0. The fourth-order valence-electron chi connectivity index (χ4n) is 4.83. The van der Waals surface area contributed by atoms with E-state index in [0.717, 1.165) is 16.0 Å². The van der Waals surface area contributed by atoms with Gasteiger partial charge in [-0.1, -0.05) is 72.8 Å². The summed E-state index contributed by atoms with van der Waals surface area (Å²) in [5.41, 5.74) is 9.56. The third-order valence-corrected chi connectivity index (χ3v) is 6.67. The van der Waals surface area contributed by atoms with Crippen molar-refractivity contribution in [3.05, 3.63) is 137 Å². The van der Waals surface area contributed by atoms with E-state index in [1.54, 1.807) is 30.5 Å². The van der Waals surface area contributed by atoms with Crippen LogP contribution in [0.25, 0.3) is 10.9 Å². The highest BCUT2D eigenvalue weighted by molar-refractivity contribution is 6.28. The van der Waals surface area contributed by atoms with Crippen molar-refractivity contribution in [1.82, 2.24) is 9.88 Å². The monoisotopic (exact) mass is 503 g/mol. The maximum Gasteiger partial charge on any atom is 0.265 e. The molecule has 4 aromatic carbocycles. The minimum atomic E-state index is -0.579. The number of hydrogen-bond acceptors (Lipinski definition) is 5. The van der Waals surface area contributed by atoms with Crippen LogP contribution in [0.3, 0.4) is 0 Å². The van der Waals surface area contributed by atoms with Crippen molar-refractivity contribution < 1.29 is 18.7 Å². The summed E-state index contributed by atoms with van der Waals surface area (Å²) in [7, 11) is 0. The smallest absolute Gasteiger partial charge is 0.265 e. The summed E-state index contributed by atoms with van der Waals surface area (Å²) >= 11 is 0. The summed E-state index contributed by atoms with van der Waals surface area (Å²) in [5.74, 6) is -1.27. The number of anilines is 1. The first-order valence-corrected chi connectivity index (χ1v) is 12.1. The molecule has 0 radical (unpaired) electrons. The van der Waals surface area contributed by atoms with Crippen LogP contribution in [0.4, 0.5) is 10.1 Å². The lowest BCUT2D eigenvalue weighted by Gasteiger charge is -2.23. The molecule has 38 heavy (non-hydrogen) atoms. The molecule has 7 heteroatoms. The van der Waals surface area contributed by atoms with Crippen LogP contribution in [0.1, 0.15) is 43.5 Å². The molecule has 5 aromatic rings. The molecule has 0 saturated heterocycles. The van der Waals surface area contributed by atoms with Gasteiger partial charge >= 0.3 is 0 Å². The highest BCUT2D eigenvalue weighted by Crippen LogP contribution is 2.44. The van der Waals surface area contributed by atoms with Crippen molar-refractivity contribution in [3.63, 3.8) is 0 Å². The summed E-state index contributed by atoms with van der Waals surface area (Å²) in [6.45, 7) is -0.0317. The summed E-state index contributed by atoms with van der Waals surface area (Å²) in [6, 6.07) is 28.4. The number of nitrogen functional groups attached to an aromatic ring is 1. The Balaban J connectivity index is 1.52. The highest BCUT2D eigenvalue weighted by atomic mass is 19.1. The number of amides is 2. The van der Waals surface area contributed by atoms with Gasteiger partial charge in [0.05, 0.1) is 23.4 Å². The summed E-state index contributed by atoms with van der Waals surface area (Å²) < 4.78 is 20.1. The van der Waals surface area contributed by atoms with Gasteiger partial charge in [-0.2, -0.15) is 0 Å². The maximum absolute atomic E-state index is 13.8. The summed E-state index contributed by atoms with van der Waals surface area (Å²) in [6.07, 6.45) is 1.02. The van der Waals surface area contributed by atoms with Gasteiger partial charge in [-0.3, -0.25) is 19.5 Å². The van der Waals surface area contributed by atoms with E-state index in [0.29, 0.717) is 16.5 Å². The molecule has 1 aliphatic rings. The van der Waals surface area contributed by atoms with Crippen LogP contribution in [-0.4, -0.2) is 21.7 Å². The molecule has 1 aliphatic heterocycles. The predicted octanol–water partition coefficient (Wildman–Crippen LogP) is 5.92. The van der Waals surface area contributed by atoms with Gasteiger partial charge in [0.15, 0.2) is 5.75 Å². The number of nitrogens with two attached hydrogens (primary N) is 1. The Bertz CT molecular complexity index is 1630. The van der Waals surface area contributed by atoms with Crippen LogP contribution in [0, 0.1) is 5.82 Å². The van der Waals surface area contributed by atoms with Crippen LogP contribution in [0.5, 0.6) is 5.75 Å². The van der Waals surface area contributed by atoms with E-state index in [4.69, 9.17) is 10.5 Å². The number of nitrogens with zero attached hydrogens (tertiary/aromatic N) is 2. The number of ether oxygens (including phenoxy) is 1. The van der Waals surface area contributed by atoms with Gasteiger partial charge in [0.2, 0.25) is 0 Å². The van der Waals surface area contributed by atoms with Gasteiger partial charge in [-0.25, -0.2) is 4.39 Å². The number of carbonyl (C=O) groups excluding carboxylic acids is 2. The van der Waals surface area contributed by atoms with E-state index in [1.165, 1.54) is 12.1 Å². The van der Waals surface area contributed by atoms with Crippen LogP contribution in [0.15, 0.2) is 103 Å². The lowest BCUT2D eigenvalue weighted by Crippen LogP contribution is -2.29.